The Hall–Kier alpha value is -4.84. The van der Waals surface area contributed by atoms with Crippen LogP contribution in [0.25, 0.3) is 28.3 Å². The van der Waals surface area contributed by atoms with Crippen LogP contribution in [0.4, 0.5) is 8.78 Å². The fourth-order valence-corrected chi connectivity index (χ4v) is 6.57. The van der Waals surface area contributed by atoms with Crippen LogP contribution in [0.3, 0.4) is 0 Å². The van der Waals surface area contributed by atoms with Crippen molar-refractivity contribution >= 4 is 17.3 Å². The Morgan fingerprint density at radius 3 is 2.41 bits per heavy atom. The van der Waals surface area contributed by atoms with Gasteiger partial charge in [0.05, 0.1) is 36.0 Å². The molecule has 0 spiro atoms. The molecule has 4 aromatic heterocycles. The summed E-state index contributed by atoms with van der Waals surface area (Å²) in [5.41, 5.74) is 4.14. The number of carbonyl (C=O) groups is 2. The maximum Gasteiger partial charge on any atom is 0.225 e. The van der Waals surface area contributed by atoms with Crippen LogP contribution in [-0.2, 0) is 11.2 Å². The van der Waals surface area contributed by atoms with Crippen LogP contribution in [-0.4, -0.2) is 83.9 Å². The molecule has 6 heterocycles. The van der Waals surface area contributed by atoms with Crippen LogP contribution in [0.2, 0.25) is 0 Å². The smallest absolute Gasteiger partial charge is 0.225 e. The summed E-state index contributed by atoms with van der Waals surface area (Å²) in [6, 6.07) is 12.6. The number of benzene rings is 1. The fourth-order valence-electron chi connectivity index (χ4n) is 6.57. The van der Waals surface area contributed by atoms with E-state index in [1.54, 1.807) is 22.8 Å². The number of amides is 1. The number of hydrogen-bond donors (Lipinski definition) is 0. The number of piperidine rings is 2. The molecular weight excluding hydrogens is 590 g/mol. The summed E-state index contributed by atoms with van der Waals surface area (Å²) in [5, 5.41) is 4.87. The topological polar surface area (TPSA) is 102 Å². The first-order valence-electron chi connectivity index (χ1n) is 15.6. The van der Waals surface area contributed by atoms with E-state index in [4.69, 9.17) is 10.1 Å². The number of imidazole rings is 2. The summed E-state index contributed by atoms with van der Waals surface area (Å²) in [7, 11) is 2.10. The van der Waals surface area contributed by atoms with E-state index in [1.165, 1.54) is 24.4 Å². The molecule has 0 unspecified atom stereocenters. The average Bonchev–Trinajstić information content (AvgIpc) is 3.69. The quantitative estimate of drug-likeness (QED) is 0.188. The molecule has 0 saturated carbocycles. The minimum absolute atomic E-state index is 0.0181. The number of carbonyl (C=O) groups excluding carboxylic acids is 2. The van der Waals surface area contributed by atoms with Crippen LogP contribution in [0.1, 0.15) is 47.8 Å². The van der Waals surface area contributed by atoms with Gasteiger partial charge >= 0.3 is 0 Å². The Balaban J connectivity index is 1.16. The monoisotopic (exact) mass is 624 g/mol. The van der Waals surface area contributed by atoms with Gasteiger partial charge in [0.15, 0.2) is 11.4 Å². The Labute approximate surface area is 264 Å². The Morgan fingerprint density at radius 2 is 1.67 bits per heavy atom. The van der Waals surface area contributed by atoms with Crippen molar-refractivity contribution in [3.63, 3.8) is 0 Å². The first-order valence-corrected chi connectivity index (χ1v) is 15.6. The third kappa shape index (κ3) is 6.04. The lowest BCUT2D eigenvalue weighted by Gasteiger charge is -2.37. The zero-order valence-electron chi connectivity index (χ0n) is 25.5. The van der Waals surface area contributed by atoms with Gasteiger partial charge in [0.2, 0.25) is 11.9 Å². The van der Waals surface area contributed by atoms with E-state index in [9.17, 15) is 18.4 Å². The summed E-state index contributed by atoms with van der Waals surface area (Å²) < 4.78 is 31.2. The maximum atomic E-state index is 13.8. The molecule has 236 valence electrons. The number of fused-ring (bicyclic) bond motifs is 1. The normalized spacial score (nSPS) is 16.7. The van der Waals surface area contributed by atoms with Crippen molar-refractivity contribution in [2.24, 2.45) is 5.92 Å². The van der Waals surface area contributed by atoms with E-state index in [1.807, 2.05) is 23.4 Å². The number of pyridine rings is 1. The minimum atomic E-state index is -0.713. The van der Waals surface area contributed by atoms with Crippen LogP contribution < -0.4 is 0 Å². The van der Waals surface area contributed by atoms with Crippen molar-refractivity contribution < 1.29 is 18.4 Å². The second kappa shape index (κ2) is 12.5. The summed E-state index contributed by atoms with van der Waals surface area (Å²) >= 11 is 0. The molecule has 1 amide bonds. The van der Waals surface area contributed by atoms with Crippen molar-refractivity contribution in [3.8, 4) is 22.6 Å². The molecule has 1 aromatic carbocycles. The molecule has 0 bridgehead atoms. The van der Waals surface area contributed by atoms with Gasteiger partial charge in [-0.25, -0.2) is 23.9 Å². The summed E-state index contributed by atoms with van der Waals surface area (Å²) in [6.45, 7) is 3.25. The third-order valence-electron chi connectivity index (χ3n) is 9.15. The summed E-state index contributed by atoms with van der Waals surface area (Å²) in [6.07, 6.45) is 8.12. The lowest BCUT2D eigenvalue weighted by Crippen LogP contribution is -2.45. The highest BCUT2D eigenvalue weighted by atomic mass is 19.1. The first kappa shape index (κ1) is 29.8. The molecule has 2 aliphatic heterocycles. The van der Waals surface area contributed by atoms with Gasteiger partial charge < -0.3 is 14.4 Å². The molecular formula is C34H34F2N8O2. The van der Waals surface area contributed by atoms with Gasteiger partial charge in [-0.3, -0.25) is 9.59 Å². The van der Waals surface area contributed by atoms with Crippen LogP contribution in [0, 0.1) is 17.7 Å². The molecule has 7 rings (SSSR count). The molecule has 0 atom stereocenters. The van der Waals surface area contributed by atoms with Crippen molar-refractivity contribution in [1.29, 1.82) is 0 Å². The Bertz CT molecular complexity index is 1890. The highest BCUT2D eigenvalue weighted by Gasteiger charge is 2.32. The average molecular weight is 625 g/mol. The van der Waals surface area contributed by atoms with Gasteiger partial charge in [0.25, 0.3) is 0 Å². The van der Waals surface area contributed by atoms with Crippen molar-refractivity contribution in [2.45, 2.75) is 38.1 Å². The van der Waals surface area contributed by atoms with E-state index < -0.39 is 5.95 Å². The Kier molecular flexibility index (Phi) is 8.12. The highest BCUT2D eigenvalue weighted by Crippen LogP contribution is 2.36. The largest absolute Gasteiger partial charge is 0.342 e. The molecule has 0 aliphatic carbocycles. The SMILES string of the molecule is CN1CCC(C(=O)N2CCC(n3cnc(-c4ccc(F)cc4)c3-c3ccc4nc(CC(=O)c5ccnc(F)c5)cn4n3)CC2)CC1. The molecule has 5 aromatic rings. The number of aromatic nitrogens is 6. The van der Waals surface area contributed by atoms with E-state index in [2.05, 4.69) is 26.5 Å². The van der Waals surface area contributed by atoms with Gasteiger partial charge in [-0.05, 0) is 88.3 Å². The third-order valence-corrected chi connectivity index (χ3v) is 9.15. The lowest BCUT2D eigenvalue weighted by atomic mass is 9.94. The molecule has 0 radical (unpaired) electrons. The van der Waals surface area contributed by atoms with E-state index >= 15 is 0 Å². The van der Waals surface area contributed by atoms with Gasteiger partial charge in [-0.2, -0.15) is 9.49 Å². The molecule has 2 saturated heterocycles. The zero-order valence-corrected chi connectivity index (χ0v) is 25.5. The number of nitrogens with zero attached hydrogens (tertiary/aromatic N) is 8. The zero-order chi connectivity index (χ0) is 31.8. The predicted octanol–water partition coefficient (Wildman–Crippen LogP) is 4.86. The van der Waals surface area contributed by atoms with Crippen molar-refractivity contribution in [2.75, 3.05) is 33.2 Å². The summed E-state index contributed by atoms with van der Waals surface area (Å²) in [4.78, 5) is 43.2. The minimum Gasteiger partial charge on any atom is -0.342 e. The lowest BCUT2D eigenvalue weighted by molar-refractivity contribution is -0.138. The fraction of sp³-hybridized carbons (Fsp3) is 0.353. The van der Waals surface area contributed by atoms with E-state index in [0.717, 1.165) is 56.1 Å². The number of halogens is 2. The van der Waals surface area contributed by atoms with Gasteiger partial charge in [0.1, 0.15) is 11.5 Å². The summed E-state index contributed by atoms with van der Waals surface area (Å²) in [5.74, 6) is -0.961. The standard InChI is InChI=1S/C34H34F2N8O2/c1-41-14-9-23(10-15-41)34(46)42-16-11-27(12-17-42)43-21-38-32(22-2-4-25(35)5-3-22)33(43)28-6-7-31-39-26(20-44(31)40-28)19-29(45)24-8-13-37-30(36)18-24/h2-8,13,18,20-21,23,27H,9-12,14-17,19H2,1H3. The van der Waals surface area contributed by atoms with Crippen molar-refractivity contribution in [1.82, 2.24) is 38.9 Å². The molecule has 10 nitrogen and oxygen atoms in total. The van der Waals surface area contributed by atoms with Gasteiger partial charge in [-0.15, -0.1) is 0 Å². The molecule has 46 heavy (non-hydrogen) atoms. The maximum absolute atomic E-state index is 13.8. The number of Topliss-reactive ketones (excluding diaryl/α,β-unsaturated/α-hetero) is 1. The number of ketones is 1. The van der Waals surface area contributed by atoms with E-state index in [0.29, 0.717) is 35.8 Å². The van der Waals surface area contributed by atoms with Gasteiger partial charge in [-0.1, -0.05) is 0 Å². The number of rotatable bonds is 7. The Morgan fingerprint density at radius 1 is 0.913 bits per heavy atom. The first-order chi connectivity index (χ1) is 22.3. The highest BCUT2D eigenvalue weighted by molar-refractivity contribution is 5.97. The van der Waals surface area contributed by atoms with E-state index in [-0.39, 0.29) is 41.5 Å². The van der Waals surface area contributed by atoms with Crippen LogP contribution >= 0.6 is 0 Å². The van der Waals surface area contributed by atoms with Crippen LogP contribution in [0.5, 0.6) is 0 Å². The second-order valence-electron chi connectivity index (χ2n) is 12.2. The van der Waals surface area contributed by atoms with Gasteiger partial charge in [0, 0.05) is 48.4 Å². The van der Waals surface area contributed by atoms with Crippen molar-refractivity contribution in [3.05, 3.63) is 90.3 Å². The molecule has 2 fully saturated rings. The predicted molar refractivity (Wildman–Crippen MR) is 167 cm³/mol. The molecule has 12 heteroatoms. The molecule has 0 N–H and O–H groups in total. The number of hydrogen-bond acceptors (Lipinski definition) is 7. The number of likely N-dealkylation sites (tertiary alicyclic amines) is 2. The second-order valence-corrected chi connectivity index (χ2v) is 12.2. The van der Waals surface area contributed by atoms with Crippen LogP contribution in [0.15, 0.2) is 67.3 Å². The molecule has 2 aliphatic rings.